The lowest BCUT2D eigenvalue weighted by atomic mass is 9.50. The second kappa shape index (κ2) is 6.28. The van der Waals surface area contributed by atoms with Crippen molar-refractivity contribution in [1.82, 2.24) is 0 Å². The summed E-state index contributed by atoms with van der Waals surface area (Å²) in [5.41, 5.74) is 0.838. The summed E-state index contributed by atoms with van der Waals surface area (Å²) in [7, 11) is -1.66. The van der Waals surface area contributed by atoms with E-state index in [2.05, 4.69) is 40.8 Å². The van der Waals surface area contributed by atoms with Gasteiger partial charge in [-0.25, -0.2) is 0 Å². The fraction of sp³-hybridized carbons (Fsp3) is 1.00. The molecule has 5 saturated carbocycles. The molecule has 5 aliphatic carbocycles. The number of hydrogen-bond donors (Lipinski definition) is 1. The molecule has 0 bridgehead atoms. The van der Waals surface area contributed by atoms with Crippen LogP contribution in [0.3, 0.4) is 0 Å². The number of fused-ring (bicyclic) bond motifs is 7. The van der Waals surface area contributed by atoms with Gasteiger partial charge in [-0.2, -0.15) is 12.6 Å². The molecule has 0 aromatic rings. The molecule has 160 valence electrons. The molecule has 0 aromatic heterocycles. The Labute approximate surface area is 180 Å². The first-order valence-corrected chi connectivity index (χ1v) is 15.8. The van der Waals surface area contributed by atoms with Crippen molar-refractivity contribution in [3.05, 3.63) is 0 Å². The summed E-state index contributed by atoms with van der Waals surface area (Å²) < 4.78 is 7.12. The molecule has 2 unspecified atom stereocenters. The molecule has 0 aliphatic heterocycles. The van der Waals surface area contributed by atoms with Crippen LogP contribution in [-0.4, -0.2) is 19.2 Å². The van der Waals surface area contributed by atoms with E-state index in [1.165, 1.54) is 57.8 Å². The maximum atomic E-state index is 7.12. The number of rotatable bonds is 2. The predicted molar refractivity (Wildman–Crippen MR) is 124 cm³/mol. The quantitative estimate of drug-likeness (QED) is 0.363. The van der Waals surface area contributed by atoms with Gasteiger partial charge < -0.3 is 4.43 Å². The maximum absolute atomic E-state index is 7.12. The normalized spacial score (nSPS) is 53.0. The van der Waals surface area contributed by atoms with E-state index in [-0.39, 0.29) is 0 Å². The highest BCUT2D eigenvalue weighted by Crippen LogP contribution is 2.70. The van der Waals surface area contributed by atoms with Crippen molar-refractivity contribution in [1.29, 1.82) is 0 Å². The van der Waals surface area contributed by atoms with Crippen LogP contribution in [0, 0.1) is 40.9 Å². The molecule has 5 aliphatic rings. The van der Waals surface area contributed by atoms with Crippen LogP contribution in [0.4, 0.5) is 0 Å². The Morgan fingerprint density at radius 3 is 2.07 bits per heavy atom. The van der Waals surface area contributed by atoms with Crippen molar-refractivity contribution in [3.8, 4) is 0 Å². The fourth-order valence-electron chi connectivity index (χ4n) is 8.46. The van der Waals surface area contributed by atoms with Crippen molar-refractivity contribution in [2.75, 3.05) is 0 Å². The summed E-state index contributed by atoms with van der Waals surface area (Å²) in [4.78, 5) is 0. The second-order valence-corrected chi connectivity index (χ2v) is 18.6. The van der Waals surface area contributed by atoms with Crippen LogP contribution in [0.2, 0.25) is 18.1 Å². The predicted octanol–water partition coefficient (Wildman–Crippen LogP) is 7.33. The Kier molecular flexibility index (Phi) is 4.58. The van der Waals surface area contributed by atoms with Crippen molar-refractivity contribution in [3.63, 3.8) is 0 Å². The molecule has 0 heterocycles. The molecule has 1 nitrogen and oxygen atoms in total. The Bertz CT molecular complexity index is 641. The molecular weight excluding hydrogens is 376 g/mol. The van der Waals surface area contributed by atoms with Crippen LogP contribution in [0.5, 0.6) is 0 Å². The van der Waals surface area contributed by atoms with Gasteiger partial charge in [0.05, 0.1) is 5.60 Å². The lowest BCUT2D eigenvalue weighted by Crippen LogP contribution is -2.51. The van der Waals surface area contributed by atoms with E-state index < -0.39 is 8.32 Å². The summed E-state index contributed by atoms with van der Waals surface area (Å²) in [6.07, 6.45) is 13.0. The average molecular weight is 421 g/mol. The van der Waals surface area contributed by atoms with Gasteiger partial charge in [-0.05, 0) is 117 Å². The van der Waals surface area contributed by atoms with E-state index in [0.717, 1.165) is 35.5 Å². The molecule has 9 atom stereocenters. The molecule has 5 rings (SSSR count). The van der Waals surface area contributed by atoms with Crippen LogP contribution in [0.1, 0.15) is 85.5 Å². The van der Waals surface area contributed by atoms with E-state index in [0.29, 0.717) is 21.3 Å². The SMILES string of the molecule is CC(C)(C)[Si](C)(C)OC12CC[C@@H]3[C@H]4CC[C@]5(C)[C@@H](S)CC[C@H]5[C@@H]4CC[C@@H]3C1C2. The van der Waals surface area contributed by atoms with E-state index in [9.17, 15) is 0 Å². The zero-order valence-corrected chi connectivity index (χ0v) is 21.2. The zero-order chi connectivity index (χ0) is 20.1. The van der Waals surface area contributed by atoms with Gasteiger partial charge in [-0.15, -0.1) is 0 Å². The second-order valence-electron chi connectivity index (χ2n) is 13.3. The van der Waals surface area contributed by atoms with E-state index in [1.807, 2.05) is 0 Å². The van der Waals surface area contributed by atoms with Crippen LogP contribution in [0.25, 0.3) is 0 Å². The molecule has 0 spiro atoms. The van der Waals surface area contributed by atoms with Crippen LogP contribution in [-0.2, 0) is 4.43 Å². The van der Waals surface area contributed by atoms with Gasteiger partial charge in [0.1, 0.15) is 0 Å². The molecule has 0 saturated heterocycles. The largest absolute Gasteiger partial charge is 0.411 e. The average Bonchev–Trinajstić information content (AvgIpc) is 3.24. The molecule has 0 amide bonds. The van der Waals surface area contributed by atoms with Crippen molar-refractivity contribution in [2.45, 2.75) is 114 Å². The first-order chi connectivity index (χ1) is 13.0. The Morgan fingerprint density at radius 1 is 0.821 bits per heavy atom. The zero-order valence-electron chi connectivity index (χ0n) is 19.3. The minimum Gasteiger partial charge on any atom is -0.411 e. The Hall–Kier alpha value is 0.527. The highest BCUT2D eigenvalue weighted by atomic mass is 32.1. The maximum Gasteiger partial charge on any atom is 0.192 e. The van der Waals surface area contributed by atoms with Gasteiger partial charge in [0.25, 0.3) is 0 Å². The summed E-state index contributed by atoms with van der Waals surface area (Å²) in [6.45, 7) is 14.7. The van der Waals surface area contributed by atoms with Gasteiger partial charge in [-0.1, -0.05) is 27.7 Å². The van der Waals surface area contributed by atoms with Gasteiger partial charge >= 0.3 is 0 Å². The van der Waals surface area contributed by atoms with Crippen molar-refractivity contribution >= 4 is 20.9 Å². The molecule has 0 aromatic carbocycles. The summed E-state index contributed by atoms with van der Waals surface area (Å²) in [6, 6.07) is 0. The standard InChI is InChI=1S/C25H44OSSi/c1-23(2,3)28(5,6)26-25-14-12-17-16-11-13-24(4)20(9-10-22(24)27)18(16)7-8-19(17)21(25)15-25/h16-22,27H,7-15H2,1-6H3/t16-,17-,18-,19+,20+,21?,22+,24+,25?/m1/s1. The van der Waals surface area contributed by atoms with Gasteiger partial charge in [0, 0.05) is 5.25 Å². The minimum atomic E-state index is -1.66. The van der Waals surface area contributed by atoms with Gasteiger partial charge in [0.15, 0.2) is 8.32 Å². The summed E-state index contributed by atoms with van der Waals surface area (Å²) in [5, 5.41) is 1.000. The smallest absolute Gasteiger partial charge is 0.192 e. The third-order valence-corrected chi connectivity index (χ3v) is 16.5. The summed E-state index contributed by atoms with van der Waals surface area (Å²) >= 11 is 5.03. The highest BCUT2D eigenvalue weighted by Gasteiger charge is 2.67. The highest BCUT2D eigenvalue weighted by molar-refractivity contribution is 7.81. The topological polar surface area (TPSA) is 9.23 Å². The molecule has 3 heteroatoms. The first-order valence-electron chi connectivity index (χ1n) is 12.4. The van der Waals surface area contributed by atoms with Crippen LogP contribution < -0.4 is 0 Å². The van der Waals surface area contributed by atoms with Crippen LogP contribution in [0.15, 0.2) is 0 Å². The van der Waals surface area contributed by atoms with E-state index in [1.54, 1.807) is 0 Å². The lowest BCUT2D eigenvalue weighted by molar-refractivity contribution is -0.0672. The Balaban J connectivity index is 1.31. The third-order valence-electron chi connectivity index (χ3n) is 11.1. The van der Waals surface area contributed by atoms with Crippen LogP contribution >= 0.6 is 12.6 Å². The van der Waals surface area contributed by atoms with E-state index in [4.69, 9.17) is 17.1 Å². The number of hydrogen-bond acceptors (Lipinski definition) is 2. The molecule has 0 N–H and O–H groups in total. The van der Waals surface area contributed by atoms with E-state index >= 15 is 0 Å². The molecule has 28 heavy (non-hydrogen) atoms. The number of thiol groups is 1. The van der Waals surface area contributed by atoms with Crippen molar-refractivity contribution < 1.29 is 4.43 Å². The molecule has 5 fully saturated rings. The monoisotopic (exact) mass is 420 g/mol. The minimum absolute atomic E-state index is 0.295. The lowest BCUT2D eigenvalue weighted by Gasteiger charge is -2.56. The first kappa shape index (κ1) is 20.4. The Morgan fingerprint density at radius 2 is 1.43 bits per heavy atom. The molecule has 0 radical (unpaired) electrons. The third kappa shape index (κ3) is 2.80. The summed E-state index contributed by atoms with van der Waals surface area (Å²) in [5.74, 6) is 5.93. The molecular formula is C25H44OSSi. The van der Waals surface area contributed by atoms with Gasteiger partial charge in [0.2, 0.25) is 0 Å². The van der Waals surface area contributed by atoms with Crippen molar-refractivity contribution in [2.24, 2.45) is 40.9 Å². The fourth-order valence-corrected chi connectivity index (χ4v) is 10.6. The van der Waals surface area contributed by atoms with Gasteiger partial charge in [-0.3, -0.25) is 0 Å².